The second-order valence-corrected chi connectivity index (χ2v) is 5.86. The minimum Gasteiger partial charge on any atom is -0.508 e. The highest BCUT2D eigenvalue weighted by Crippen LogP contribution is 2.14. The van der Waals surface area contributed by atoms with E-state index in [-0.39, 0.29) is 33.8 Å². The van der Waals surface area contributed by atoms with Crippen LogP contribution in [0.4, 0.5) is 0 Å². The van der Waals surface area contributed by atoms with E-state index in [9.17, 15) is 19.2 Å². The van der Waals surface area contributed by atoms with Crippen LogP contribution in [0.15, 0.2) is 72.8 Å². The van der Waals surface area contributed by atoms with Gasteiger partial charge in [0.1, 0.15) is 11.5 Å². The number of phenolic OH excluding ortho intramolecular Hbond substituents is 2. The maximum atomic E-state index is 10.5. The molecular formula is C22H18O10. The number of aromatic carboxylic acids is 4. The SMILES string of the molecule is O=C(O)c1ccc(C(=O)O)cc1.O=C(O)c1ccccc1C(=O)O.Oc1cccc(O)c1. The van der Waals surface area contributed by atoms with Crippen molar-refractivity contribution < 1.29 is 49.8 Å². The predicted octanol–water partition coefficient (Wildman–Crippen LogP) is 3.26. The third-order valence-electron chi connectivity index (χ3n) is 3.60. The van der Waals surface area contributed by atoms with E-state index in [0.29, 0.717) is 0 Å². The standard InChI is InChI=1S/2C8H6O4.C6H6O2/c9-7(10)5-1-2-6(4-3-5)8(11)12;9-7(10)5-3-1-2-4-6(5)8(11)12;7-5-2-1-3-6(8)4-5/h2*1-4H,(H,9,10)(H,11,12);1-4,7-8H. The normalized spacial score (nSPS) is 9.25. The number of phenols is 2. The molecule has 0 aromatic heterocycles. The number of hydrogen-bond donors (Lipinski definition) is 6. The maximum absolute atomic E-state index is 10.5. The Hall–Kier alpha value is -4.86. The molecule has 0 aliphatic heterocycles. The fraction of sp³-hybridized carbons (Fsp3) is 0. The number of aromatic hydroxyl groups is 2. The average molecular weight is 442 g/mol. The molecule has 0 saturated heterocycles. The summed E-state index contributed by atoms with van der Waals surface area (Å²) in [5, 5.41) is 51.3. The molecule has 0 aliphatic carbocycles. The molecule has 3 aromatic rings. The van der Waals surface area contributed by atoms with Crippen LogP contribution in [-0.4, -0.2) is 54.5 Å². The van der Waals surface area contributed by atoms with Crippen molar-refractivity contribution in [3.05, 3.63) is 95.1 Å². The van der Waals surface area contributed by atoms with Gasteiger partial charge in [-0.1, -0.05) is 18.2 Å². The molecule has 0 fully saturated rings. The van der Waals surface area contributed by atoms with Gasteiger partial charge in [-0.25, -0.2) is 19.2 Å². The molecule has 6 N–H and O–H groups in total. The number of benzene rings is 3. The lowest BCUT2D eigenvalue weighted by atomic mass is 10.1. The highest BCUT2D eigenvalue weighted by molar-refractivity contribution is 6.01. The van der Waals surface area contributed by atoms with Gasteiger partial charge in [-0.3, -0.25) is 0 Å². The molecule has 0 amide bonds. The third-order valence-corrected chi connectivity index (χ3v) is 3.60. The minimum absolute atomic E-state index is 0.0833. The smallest absolute Gasteiger partial charge is 0.336 e. The van der Waals surface area contributed by atoms with Crippen LogP contribution >= 0.6 is 0 Å². The number of carboxylic acid groups (broad SMARTS) is 4. The second-order valence-electron chi connectivity index (χ2n) is 5.86. The third kappa shape index (κ3) is 8.25. The van der Waals surface area contributed by atoms with Crippen molar-refractivity contribution in [1.82, 2.24) is 0 Å². The van der Waals surface area contributed by atoms with Crippen LogP contribution in [0.25, 0.3) is 0 Å². The van der Waals surface area contributed by atoms with Gasteiger partial charge >= 0.3 is 23.9 Å². The van der Waals surface area contributed by atoms with E-state index in [0.717, 1.165) is 0 Å². The molecule has 0 aliphatic rings. The number of carbonyl (C=O) groups is 4. The average Bonchev–Trinajstić information content (AvgIpc) is 2.74. The van der Waals surface area contributed by atoms with Gasteiger partial charge in [0.15, 0.2) is 0 Å². The van der Waals surface area contributed by atoms with Crippen LogP contribution in [0.2, 0.25) is 0 Å². The Morgan fingerprint density at radius 3 is 1.03 bits per heavy atom. The molecule has 32 heavy (non-hydrogen) atoms. The van der Waals surface area contributed by atoms with Crippen molar-refractivity contribution in [3.63, 3.8) is 0 Å². The second kappa shape index (κ2) is 12.0. The Balaban J connectivity index is 0.000000245. The van der Waals surface area contributed by atoms with Crippen molar-refractivity contribution in [2.45, 2.75) is 0 Å². The molecule has 10 nitrogen and oxygen atoms in total. The minimum atomic E-state index is -1.23. The number of hydrogen-bond acceptors (Lipinski definition) is 6. The molecule has 0 radical (unpaired) electrons. The van der Waals surface area contributed by atoms with E-state index in [1.165, 1.54) is 66.7 Å². The monoisotopic (exact) mass is 442 g/mol. The van der Waals surface area contributed by atoms with E-state index < -0.39 is 23.9 Å². The van der Waals surface area contributed by atoms with Gasteiger partial charge < -0.3 is 30.6 Å². The summed E-state index contributed by atoms with van der Waals surface area (Å²) in [6, 6.07) is 16.3. The summed E-state index contributed by atoms with van der Waals surface area (Å²) >= 11 is 0. The first-order valence-electron chi connectivity index (χ1n) is 8.63. The summed E-state index contributed by atoms with van der Waals surface area (Å²) in [5.41, 5.74) is -0.213. The summed E-state index contributed by atoms with van der Waals surface area (Å²) in [6.45, 7) is 0. The van der Waals surface area contributed by atoms with Gasteiger partial charge in [0.2, 0.25) is 0 Å². The molecule has 0 heterocycles. The van der Waals surface area contributed by atoms with Crippen LogP contribution in [0, 0.1) is 0 Å². The molecule has 0 saturated carbocycles. The topological polar surface area (TPSA) is 190 Å². The fourth-order valence-electron chi connectivity index (χ4n) is 2.10. The summed E-state index contributed by atoms with van der Waals surface area (Å²) < 4.78 is 0. The van der Waals surface area contributed by atoms with Crippen LogP contribution in [0.1, 0.15) is 41.4 Å². The van der Waals surface area contributed by atoms with E-state index in [1.54, 1.807) is 6.07 Å². The largest absolute Gasteiger partial charge is 0.508 e. The molecule has 0 spiro atoms. The first-order chi connectivity index (χ1) is 15.0. The maximum Gasteiger partial charge on any atom is 0.336 e. The molecule has 3 rings (SSSR count). The van der Waals surface area contributed by atoms with Gasteiger partial charge in [0.25, 0.3) is 0 Å². The van der Waals surface area contributed by atoms with Gasteiger partial charge in [0.05, 0.1) is 22.3 Å². The molecule has 166 valence electrons. The predicted molar refractivity (Wildman–Crippen MR) is 110 cm³/mol. The Morgan fingerprint density at radius 1 is 0.469 bits per heavy atom. The lowest BCUT2D eigenvalue weighted by Gasteiger charge is -1.98. The van der Waals surface area contributed by atoms with Gasteiger partial charge in [-0.2, -0.15) is 0 Å². The van der Waals surface area contributed by atoms with E-state index in [1.807, 2.05) is 0 Å². The molecule has 0 atom stereocenters. The summed E-state index contributed by atoms with van der Waals surface area (Å²) in [5.74, 6) is -4.41. The lowest BCUT2D eigenvalue weighted by Crippen LogP contribution is -2.06. The number of carboxylic acids is 4. The van der Waals surface area contributed by atoms with Crippen molar-refractivity contribution >= 4 is 23.9 Å². The highest BCUT2D eigenvalue weighted by atomic mass is 16.4. The molecule has 10 heteroatoms. The summed E-state index contributed by atoms with van der Waals surface area (Å²) in [6.07, 6.45) is 0. The zero-order valence-electron chi connectivity index (χ0n) is 16.2. The lowest BCUT2D eigenvalue weighted by molar-refractivity contribution is 0.0651. The Labute approximate surface area is 180 Å². The molecular weight excluding hydrogens is 424 g/mol. The van der Waals surface area contributed by atoms with Crippen LogP contribution in [-0.2, 0) is 0 Å². The molecule has 0 bridgehead atoms. The molecule has 3 aromatic carbocycles. The Kier molecular flexibility index (Phi) is 9.42. The van der Waals surface area contributed by atoms with E-state index in [2.05, 4.69) is 0 Å². The van der Waals surface area contributed by atoms with Crippen LogP contribution < -0.4 is 0 Å². The Bertz CT molecular complexity index is 1020. The highest BCUT2D eigenvalue weighted by Gasteiger charge is 2.13. The van der Waals surface area contributed by atoms with Crippen molar-refractivity contribution in [2.75, 3.05) is 0 Å². The van der Waals surface area contributed by atoms with Crippen molar-refractivity contribution in [3.8, 4) is 11.5 Å². The van der Waals surface area contributed by atoms with Crippen molar-refractivity contribution in [2.24, 2.45) is 0 Å². The van der Waals surface area contributed by atoms with Gasteiger partial charge in [0, 0.05) is 6.07 Å². The van der Waals surface area contributed by atoms with E-state index in [4.69, 9.17) is 30.6 Å². The van der Waals surface area contributed by atoms with Gasteiger partial charge in [-0.15, -0.1) is 0 Å². The van der Waals surface area contributed by atoms with Crippen LogP contribution in [0.3, 0.4) is 0 Å². The number of rotatable bonds is 4. The summed E-state index contributed by atoms with van der Waals surface area (Å²) in [4.78, 5) is 41.6. The first kappa shape index (κ1) is 25.2. The molecule has 0 unspecified atom stereocenters. The van der Waals surface area contributed by atoms with Gasteiger partial charge in [-0.05, 0) is 48.5 Å². The van der Waals surface area contributed by atoms with E-state index >= 15 is 0 Å². The van der Waals surface area contributed by atoms with Crippen LogP contribution in [0.5, 0.6) is 11.5 Å². The Morgan fingerprint density at radius 2 is 0.812 bits per heavy atom. The zero-order valence-corrected chi connectivity index (χ0v) is 16.2. The fourth-order valence-corrected chi connectivity index (χ4v) is 2.10. The quantitative estimate of drug-likeness (QED) is 0.350. The zero-order chi connectivity index (χ0) is 24.3. The summed E-state index contributed by atoms with van der Waals surface area (Å²) in [7, 11) is 0. The first-order valence-corrected chi connectivity index (χ1v) is 8.63. The van der Waals surface area contributed by atoms with Crippen molar-refractivity contribution in [1.29, 1.82) is 0 Å².